The second-order valence-corrected chi connectivity index (χ2v) is 5.07. The Labute approximate surface area is 98.2 Å². The van der Waals surface area contributed by atoms with E-state index in [1.807, 2.05) is 30.3 Å². The van der Waals surface area contributed by atoms with E-state index in [9.17, 15) is 13.2 Å². The van der Waals surface area contributed by atoms with Crippen LogP contribution in [0.4, 0.5) is 13.2 Å². The lowest BCUT2D eigenvalue weighted by molar-refractivity contribution is -0.157. The van der Waals surface area contributed by atoms with Crippen molar-refractivity contribution in [2.24, 2.45) is 17.8 Å². The first-order valence-corrected chi connectivity index (χ1v) is 5.89. The van der Waals surface area contributed by atoms with E-state index in [1.54, 1.807) is 0 Å². The van der Waals surface area contributed by atoms with Gasteiger partial charge in [-0.2, -0.15) is 13.2 Å². The number of hydrogen-bond donors (Lipinski definition) is 0. The van der Waals surface area contributed by atoms with Crippen molar-refractivity contribution in [1.29, 1.82) is 0 Å². The van der Waals surface area contributed by atoms with E-state index in [0.717, 1.165) is 6.54 Å². The Kier molecular flexibility index (Phi) is 2.43. The van der Waals surface area contributed by atoms with Gasteiger partial charge in [-0.3, -0.25) is 4.90 Å². The highest BCUT2D eigenvalue weighted by Crippen LogP contribution is 2.59. The molecule has 3 atom stereocenters. The van der Waals surface area contributed by atoms with Gasteiger partial charge in [-0.05, 0) is 17.4 Å². The first-order chi connectivity index (χ1) is 8.05. The molecule has 0 radical (unpaired) electrons. The number of nitrogens with zero attached hydrogens (tertiary/aromatic N) is 1. The smallest absolute Gasteiger partial charge is 0.298 e. The lowest BCUT2D eigenvalue weighted by Crippen LogP contribution is -2.28. The summed E-state index contributed by atoms with van der Waals surface area (Å²) < 4.78 is 37.5. The molecule has 0 aromatic heterocycles. The fourth-order valence-electron chi connectivity index (χ4n) is 3.07. The summed E-state index contributed by atoms with van der Waals surface area (Å²) >= 11 is 0. The number of hydrogen-bond acceptors (Lipinski definition) is 1. The zero-order valence-corrected chi connectivity index (χ0v) is 9.32. The minimum atomic E-state index is -3.98. The van der Waals surface area contributed by atoms with E-state index < -0.39 is 12.1 Å². The molecule has 0 bridgehead atoms. The maximum Gasteiger partial charge on any atom is 0.392 e. The summed E-state index contributed by atoms with van der Waals surface area (Å²) in [7, 11) is 0. The Balaban J connectivity index is 1.56. The Hall–Kier alpha value is -1.03. The number of benzene rings is 1. The summed E-state index contributed by atoms with van der Waals surface area (Å²) in [5, 5.41) is 0. The molecule has 0 amide bonds. The monoisotopic (exact) mass is 241 g/mol. The summed E-state index contributed by atoms with van der Waals surface area (Å²) in [6.45, 7) is 1.98. The average Bonchev–Trinajstić information content (AvgIpc) is 2.80. The van der Waals surface area contributed by atoms with Crippen LogP contribution in [0.5, 0.6) is 0 Å². The van der Waals surface area contributed by atoms with Crippen LogP contribution < -0.4 is 0 Å². The molecule has 0 spiro atoms. The van der Waals surface area contributed by atoms with Crippen LogP contribution in [0.1, 0.15) is 5.56 Å². The molecule has 1 saturated heterocycles. The van der Waals surface area contributed by atoms with Gasteiger partial charge in [-0.25, -0.2) is 0 Å². The van der Waals surface area contributed by atoms with E-state index in [1.165, 1.54) is 5.56 Å². The van der Waals surface area contributed by atoms with Crippen LogP contribution in [0.2, 0.25) is 0 Å². The topological polar surface area (TPSA) is 3.24 Å². The van der Waals surface area contributed by atoms with Crippen molar-refractivity contribution < 1.29 is 13.2 Å². The van der Waals surface area contributed by atoms with Crippen molar-refractivity contribution in [3.8, 4) is 0 Å². The van der Waals surface area contributed by atoms with Crippen molar-refractivity contribution in [3.05, 3.63) is 35.9 Å². The van der Waals surface area contributed by atoms with Crippen molar-refractivity contribution in [2.45, 2.75) is 12.7 Å². The van der Waals surface area contributed by atoms with E-state index in [-0.39, 0.29) is 11.8 Å². The van der Waals surface area contributed by atoms with Gasteiger partial charge in [0, 0.05) is 19.6 Å². The number of fused-ring (bicyclic) bond motifs is 1. The molecule has 1 heterocycles. The number of halogens is 3. The van der Waals surface area contributed by atoms with E-state index in [4.69, 9.17) is 0 Å². The van der Waals surface area contributed by atoms with Crippen LogP contribution in [0.15, 0.2) is 30.3 Å². The molecule has 3 rings (SSSR count). The maximum absolute atomic E-state index is 12.5. The van der Waals surface area contributed by atoms with Gasteiger partial charge in [0.05, 0.1) is 5.92 Å². The Bertz CT molecular complexity index is 389. The lowest BCUT2D eigenvalue weighted by Gasteiger charge is -2.20. The Morgan fingerprint density at radius 1 is 1.06 bits per heavy atom. The van der Waals surface area contributed by atoms with Crippen LogP contribution in [0.25, 0.3) is 0 Å². The van der Waals surface area contributed by atoms with Crippen molar-refractivity contribution >= 4 is 0 Å². The molecule has 1 nitrogen and oxygen atoms in total. The summed E-state index contributed by atoms with van der Waals surface area (Å²) in [4.78, 5) is 2.13. The molecule has 92 valence electrons. The third kappa shape index (κ3) is 2.06. The first-order valence-electron chi connectivity index (χ1n) is 5.89. The van der Waals surface area contributed by atoms with Crippen LogP contribution in [0.3, 0.4) is 0 Å². The van der Waals surface area contributed by atoms with Crippen molar-refractivity contribution in [2.75, 3.05) is 13.1 Å². The van der Waals surface area contributed by atoms with Gasteiger partial charge in [0.15, 0.2) is 0 Å². The summed E-state index contributed by atoms with van der Waals surface area (Å²) in [5.41, 5.74) is 1.18. The average molecular weight is 241 g/mol. The highest BCUT2D eigenvalue weighted by molar-refractivity contribution is 5.16. The molecule has 1 aromatic rings. The lowest BCUT2D eigenvalue weighted by atomic mass is 10.2. The van der Waals surface area contributed by atoms with E-state index in [2.05, 4.69) is 4.90 Å². The molecule has 2 aliphatic rings. The van der Waals surface area contributed by atoms with Crippen LogP contribution in [-0.4, -0.2) is 24.2 Å². The molecular formula is C13H14F3N. The molecule has 0 N–H and O–H groups in total. The Morgan fingerprint density at radius 3 is 2.18 bits per heavy atom. The van der Waals surface area contributed by atoms with Crippen LogP contribution in [0, 0.1) is 17.8 Å². The zero-order valence-electron chi connectivity index (χ0n) is 9.32. The summed E-state index contributed by atoms with van der Waals surface area (Å²) in [6, 6.07) is 9.91. The minimum absolute atomic E-state index is 0.140. The quantitative estimate of drug-likeness (QED) is 0.769. The fourth-order valence-corrected chi connectivity index (χ4v) is 3.07. The van der Waals surface area contributed by atoms with Crippen molar-refractivity contribution in [1.82, 2.24) is 4.90 Å². The SMILES string of the molecule is FC(F)(F)C1[C@H]2CN(Cc3ccccc3)C[C@@H]12. The van der Waals surface area contributed by atoms with Gasteiger partial charge in [-0.1, -0.05) is 30.3 Å². The summed E-state index contributed by atoms with van der Waals surface area (Å²) in [5.74, 6) is -1.30. The molecule has 1 aliphatic heterocycles. The van der Waals surface area contributed by atoms with Gasteiger partial charge in [0.25, 0.3) is 0 Å². The third-order valence-corrected chi connectivity index (χ3v) is 3.90. The highest BCUT2D eigenvalue weighted by atomic mass is 19.4. The highest BCUT2D eigenvalue weighted by Gasteiger charge is 2.66. The second-order valence-electron chi connectivity index (χ2n) is 5.07. The van der Waals surface area contributed by atoms with E-state index >= 15 is 0 Å². The predicted molar refractivity (Wildman–Crippen MR) is 58.2 cm³/mol. The number of piperidine rings is 1. The Morgan fingerprint density at radius 2 is 1.65 bits per heavy atom. The molecule has 2 fully saturated rings. The third-order valence-electron chi connectivity index (χ3n) is 3.90. The second kappa shape index (κ2) is 3.73. The molecule has 1 aliphatic carbocycles. The molecule has 4 heteroatoms. The van der Waals surface area contributed by atoms with Crippen molar-refractivity contribution in [3.63, 3.8) is 0 Å². The van der Waals surface area contributed by atoms with Crippen LogP contribution >= 0.6 is 0 Å². The fraction of sp³-hybridized carbons (Fsp3) is 0.538. The van der Waals surface area contributed by atoms with Gasteiger partial charge in [0.1, 0.15) is 0 Å². The number of likely N-dealkylation sites (tertiary alicyclic amines) is 1. The molecule has 1 aromatic carbocycles. The molecule has 1 saturated carbocycles. The molecule has 1 unspecified atom stereocenters. The van der Waals surface area contributed by atoms with Crippen LogP contribution in [-0.2, 0) is 6.54 Å². The van der Waals surface area contributed by atoms with Gasteiger partial charge < -0.3 is 0 Å². The first kappa shape index (κ1) is 11.1. The standard InChI is InChI=1S/C13H14F3N/c14-13(15,16)12-10-7-17(8-11(10)12)6-9-4-2-1-3-5-9/h1-5,10-12H,6-8H2/t10-,11+,12?. The van der Waals surface area contributed by atoms with Gasteiger partial charge in [-0.15, -0.1) is 0 Å². The molecule has 17 heavy (non-hydrogen) atoms. The minimum Gasteiger partial charge on any atom is -0.298 e. The van der Waals surface area contributed by atoms with E-state index in [0.29, 0.717) is 13.1 Å². The predicted octanol–water partition coefficient (Wildman–Crippen LogP) is 2.93. The zero-order chi connectivity index (χ0) is 12.0. The number of alkyl halides is 3. The molecular weight excluding hydrogens is 227 g/mol. The van der Waals surface area contributed by atoms with Gasteiger partial charge >= 0.3 is 6.18 Å². The summed E-state index contributed by atoms with van der Waals surface area (Å²) in [6.07, 6.45) is -3.98. The largest absolute Gasteiger partial charge is 0.392 e. The van der Waals surface area contributed by atoms with Gasteiger partial charge in [0.2, 0.25) is 0 Å². The number of rotatable bonds is 2. The normalized spacial score (nSPS) is 32.5. The maximum atomic E-state index is 12.5.